The molecule has 0 spiro atoms. The summed E-state index contributed by atoms with van der Waals surface area (Å²) in [6.07, 6.45) is 0. The van der Waals surface area contributed by atoms with Crippen LogP contribution in [0.5, 0.6) is 0 Å². The summed E-state index contributed by atoms with van der Waals surface area (Å²) in [7, 11) is 0. The number of nitrogens with zero attached hydrogens (tertiary/aromatic N) is 2. The molecule has 0 fully saturated rings. The van der Waals surface area contributed by atoms with E-state index < -0.39 is 6.03 Å². The van der Waals surface area contributed by atoms with Crippen molar-refractivity contribution in [3.63, 3.8) is 0 Å². The number of imide groups is 1. The molecule has 0 saturated carbocycles. The number of hydrogen-bond acceptors (Lipinski definition) is 7. The maximum absolute atomic E-state index is 11.5. The smallest absolute Gasteiger partial charge is 0.321 e. The Morgan fingerprint density at radius 3 is 2.95 bits per heavy atom. The van der Waals surface area contributed by atoms with Crippen LogP contribution in [0.2, 0.25) is 0 Å². The van der Waals surface area contributed by atoms with Gasteiger partial charge in [-0.3, -0.25) is 10.1 Å². The summed E-state index contributed by atoms with van der Waals surface area (Å²) in [5.74, 6) is -0.217. The molecule has 0 unspecified atom stereocenters. The van der Waals surface area contributed by atoms with Crippen LogP contribution in [0, 0.1) is 0 Å². The lowest BCUT2D eigenvalue weighted by Crippen LogP contribution is -2.39. The largest absolute Gasteiger partial charge is 0.333 e. The third kappa shape index (κ3) is 4.97. The first-order valence-corrected chi connectivity index (χ1v) is 7.97. The molecule has 0 bridgehead atoms. The highest BCUT2D eigenvalue weighted by atomic mass is 32.2. The Hall–Kier alpha value is -1.45. The van der Waals surface area contributed by atoms with Gasteiger partial charge in [0, 0.05) is 4.88 Å². The summed E-state index contributed by atoms with van der Waals surface area (Å²) < 4.78 is 0.703. The number of hydrogen-bond donors (Lipinski definition) is 2. The van der Waals surface area contributed by atoms with E-state index in [4.69, 9.17) is 0 Å². The normalized spacial score (nSPS) is 10.1. The number of thioether (sulfide) groups is 1. The van der Waals surface area contributed by atoms with E-state index in [1.165, 1.54) is 23.1 Å². The zero-order chi connectivity index (χ0) is 13.5. The molecule has 0 saturated heterocycles. The zero-order valence-electron chi connectivity index (χ0n) is 9.66. The third-order valence-corrected chi connectivity index (χ3v) is 4.66. The van der Waals surface area contributed by atoms with Crippen LogP contribution in [0.15, 0.2) is 27.4 Å². The van der Waals surface area contributed by atoms with Gasteiger partial charge in [-0.2, -0.15) is 0 Å². The van der Waals surface area contributed by atoms with Crippen LogP contribution >= 0.6 is 34.4 Å². The SMILES string of the molecule is O=C(CSc1nncs1)NC(=O)NCc1cccs1. The Bertz CT molecular complexity index is 479. The average molecular weight is 314 g/mol. The van der Waals surface area contributed by atoms with E-state index in [-0.39, 0.29) is 11.7 Å². The van der Waals surface area contributed by atoms with Crippen LogP contribution in [-0.4, -0.2) is 27.9 Å². The van der Waals surface area contributed by atoms with Gasteiger partial charge in [-0.15, -0.1) is 21.5 Å². The first kappa shape index (κ1) is 14.0. The van der Waals surface area contributed by atoms with Crippen molar-refractivity contribution in [3.8, 4) is 0 Å². The van der Waals surface area contributed by atoms with Crippen molar-refractivity contribution in [2.75, 3.05) is 5.75 Å². The van der Waals surface area contributed by atoms with E-state index in [0.29, 0.717) is 10.9 Å². The van der Waals surface area contributed by atoms with Gasteiger partial charge >= 0.3 is 6.03 Å². The van der Waals surface area contributed by atoms with Gasteiger partial charge < -0.3 is 5.32 Å². The predicted octanol–water partition coefficient (Wildman–Crippen LogP) is 1.72. The molecule has 2 aromatic heterocycles. The van der Waals surface area contributed by atoms with Crippen LogP contribution in [0.1, 0.15) is 4.88 Å². The Morgan fingerprint density at radius 1 is 1.37 bits per heavy atom. The van der Waals surface area contributed by atoms with Gasteiger partial charge in [-0.05, 0) is 11.4 Å². The zero-order valence-corrected chi connectivity index (χ0v) is 12.1. The van der Waals surface area contributed by atoms with Gasteiger partial charge in [0.05, 0.1) is 12.3 Å². The number of nitrogens with one attached hydrogen (secondary N) is 2. The van der Waals surface area contributed by atoms with Crippen molar-refractivity contribution in [3.05, 3.63) is 27.9 Å². The average Bonchev–Trinajstić information content (AvgIpc) is 3.07. The molecule has 0 aromatic carbocycles. The van der Waals surface area contributed by atoms with Gasteiger partial charge in [0.2, 0.25) is 5.91 Å². The number of carbonyl (C=O) groups is 2. The van der Waals surface area contributed by atoms with Crippen molar-refractivity contribution >= 4 is 46.4 Å². The second-order valence-electron chi connectivity index (χ2n) is 3.30. The molecule has 19 heavy (non-hydrogen) atoms. The Labute approximate surface area is 121 Å². The summed E-state index contributed by atoms with van der Waals surface area (Å²) in [5, 5.41) is 14.2. The summed E-state index contributed by atoms with van der Waals surface area (Å²) in [6, 6.07) is 3.33. The van der Waals surface area contributed by atoms with E-state index in [1.807, 2.05) is 17.5 Å². The van der Waals surface area contributed by atoms with E-state index in [2.05, 4.69) is 20.8 Å². The second kappa shape index (κ2) is 7.22. The number of amides is 3. The van der Waals surface area contributed by atoms with Gasteiger partial charge in [0.25, 0.3) is 0 Å². The minimum absolute atomic E-state index is 0.140. The molecule has 0 aliphatic heterocycles. The lowest BCUT2D eigenvalue weighted by Gasteiger charge is -2.04. The standard InChI is InChI=1S/C10H10N4O2S3/c15-8(5-18-10-14-12-6-19-10)13-9(16)11-4-7-2-1-3-17-7/h1-3,6H,4-5H2,(H2,11,13,15,16). The van der Waals surface area contributed by atoms with Crippen LogP contribution in [0.3, 0.4) is 0 Å². The van der Waals surface area contributed by atoms with Crippen molar-refractivity contribution in [2.45, 2.75) is 10.9 Å². The highest BCUT2D eigenvalue weighted by molar-refractivity contribution is 8.01. The molecular weight excluding hydrogens is 304 g/mol. The van der Waals surface area contributed by atoms with Gasteiger partial charge in [0.1, 0.15) is 5.51 Å². The molecule has 9 heteroatoms. The molecule has 0 aliphatic carbocycles. The third-order valence-electron chi connectivity index (χ3n) is 1.92. The maximum Gasteiger partial charge on any atom is 0.321 e. The number of urea groups is 1. The van der Waals surface area contributed by atoms with Crippen LogP contribution in [0.4, 0.5) is 4.79 Å². The van der Waals surface area contributed by atoms with E-state index in [9.17, 15) is 9.59 Å². The number of carbonyl (C=O) groups excluding carboxylic acids is 2. The van der Waals surface area contributed by atoms with Crippen molar-refractivity contribution in [1.82, 2.24) is 20.8 Å². The molecule has 100 valence electrons. The van der Waals surface area contributed by atoms with Crippen LogP contribution < -0.4 is 10.6 Å². The first-order valence-electron chi connectivity index (χ1n) is 5.23. The first-order chi connectivity index (χ1) is 9.24. The minimum Gasteiger partial charge on any atom is -0.333 e. The van der Waals surface area contributed by atoms with Gasteiger partial charge in [-0.1, -0.05) is 29.2 Å². The molecule has 3 amide bonds. The highest BCUT2D eigenvalue weighted by Gasteiger charge is 2.09. The fourth-order valence-electron chi connectivity index (χ4n) is 1.14. The molecule has 2 N–H and O–H groups in total. The summed E-state index contributed by atoms with van der Waals surface area (Å²) in [5.41, 5.74) is 1.59. The second-order valence-corrected chi connectivity index (χ2v) is 6.39. The molecule has 0 aliphatic rings. The summed E-state index contributed by atoms with van der Waals surface area (Å²) in [4.78, 5) is 23.9. The Kier molecular flexibility index (Phi) is 5.31. The fraction of sp³-hybridized carbons (Fsp3) is 0.200. The predicted molar refractivity (Wildman–Crippen MR) is 75.3 cm³/mol. The van der Waals surface area contributed by atoms with Crippen LogP contribution in [0.25, 0.3) is 0 Å². The van der Waals surface area contributed by atoms with Crippen molar-refractivity contribution < 1.29 is 9.59 Å². The van der Waals surface area contributed by atoms with Gasteiger partial charge in [-0.25, -0.2) is 4.79 Å². The molecule has 2 rings (SSSR count). The number of aromatic nitrogens is 2. The van der Waals surface area contributed by atoms with E-state index >= 15 is 0 Å². The van der Waals surface area contributed by atoms with Crippen LogP contribution in [-0.2, 0) is 11.3 Å². The van der Waals surface area contributed by atoms with E-state index in [1.54, 1.807) is 16.8 Å². The van der Waals surface area contributed by atoms with E-state index in [0.717, 1.165) is 4.88 Å². The maximum atomic E-state index is 11.5. The fourth-order valence-corrected chi connectivity index (χ4v) is 3.07. The quantitative estimate of drug-likeness (QED) is 0.821. The number of rotatable bonds is 5. The van der Waals surface area contributed by atoms with Crippen molar-refractivity contribution in [1.29, 1.82) is 0 Å². The molecule has 2 heterocycles. The molecular formula is C10H10N4O2S3. The summed E-state index contributed by atoms with van der Waals surface area (Å²) >= 11 is 4.15. The lowest BCUT2D eigenvalue weighted by molar-refractivity contribution is -0.117. The Morgan fingerprint density at radius 2 is 2.26 bits per heavy atom. The lowest BCUT2D eigenvalue weighted by atomic mass is 10.5. The van der Waals surface area contributed by atoms with Gasteiger partial charge in [0.15, 0.2) is 4.34 Å². The topological polar surface area (TPSA) is 84.0 Å². The Balaban J connectivity index is 1.65. The monoisotopic (exact) mass is 314 g/mol. The molecule has 2 aromatic rings. The molecule has 0 radical (unpaired) electrons. The van der Waals surface area contributed by atoms with Crippen molar-refractivity contribution in [2.24, 2.45) is 0 Å². The summed E-state index contributed by atoms with van der Waals surface area (Å²) in [6.45, 7) is 0.417. The molecule has 6 nitrogen and oxygen atoms in total. The highest BCUT2D eigenvalue weighted by Crippen LogP contribution is 2.18. The number of thiophene rings is 1. The molecule has 0 atom stereocenters. The minimum atomic E-state index is -0.490.